The summed E-state index contributed by atoms with van der Waals surface area (Å²) in [6, 6.07) is 11.1. The zero-order chi connectivity index (χ0) is 23.3. The molecule has 0 radical (unpaired) electrons. The lowest BCUT2D eigenvalue weighted by atomic mass is 10.1. The van der Waals surface area contributed by atoms with Crippen molar-refractivity contribution in [3.63, 3.8) is 0 Å². The fourth-order valence-electron chi connectivity index (χ4n) is 3.48. The van der Waals surface area contributed by atoms with E-state index in [1.807, 2.05) is 6.07 Å². The van der Waals surface area contributed by atoms with Gasteiger partial charge in [-0.25, -0.2) is 14.8 Å². The van der Waals surface area contributed by atoms with Gasteiger partial charge in [-0.05, 0) is 35.9 Å². The molecule has 7 nitrogen and oxygen atoms in total. The molecule has 2 aromatic heterocycles. The van der Waals surface area contributed by atoms with Crippen molar-refractivity contribution in [2.45, 2.75) is 19.1 Å². The number of pyridine rings is 1. The lowest BCUT2D eigenvalue weighted by Gasteiger charge is -2.33. The Morgan fingerprint density at radius 2 is 1.70 bits per heavy atom. The highest BCUT2D eigenvalue weighted by Crippen LogP contribution is 2.28. The Morgan fingerprint density at radius 1 is 0.939 bits per heavy atom. The van der Waals surface area contributed by atoms with Crippen LogP contribution in [0.3, 0.4) is 0 Å². The summed E-state index contributed by atoms with van der Waals surface area (Å²) in [7, 11) is 0. The summed E-state index contributed by atoms with van der Waals surface area (Å²) in [5.74, 6) is 0.410. The van der Waals surface area contributed by atoms with Crippen LogP contribution in [0.2, 0.25) is 0 Å². The number of hydrogen-bond acceptors (Lipinski definition) is 6. The molecule has 10 heteroatoms. The Balaban J connectivity index is 1.25. The van der Waals surface area contributed by atoms with Crippen LogP contribution in [0.15, 0.2) is 61.2 Å². The standard InChI is InChI=1S/C23H22F3N5O2/c24-23(25,26)18-3-4-19(28-14-18)13-17-1-5-21(6-2-17)33-22(32)31-11-9-30(10-12-31)15-20-7-8-27-16-29-20/h1-8,14,16H,9-13,15H2. The largest absolute Gasteiger partial charge is 0.417 e. The van der Waals surface area contributed by atoms with Gasteiger partial charge in [0.1, 0.15) is 12.1 Å². The maximum absolute atomic E-state index is 12.6. The van der Waals surface area contributed by atoms with Crippen LogP contribution >= 0.6 is 0 Å². The predicted molar refractivity (Wildman–Crippen MR) is 113 cm³/mol. The molecule has 1 saturated heterocycles. The predicted octanol–water partition coefficient (Wildman–Crippen LogP) is 3.80. The molecule has 172 valence electrons. The first-order chi connectivity index (χ1) is 15.9. The van der Waals surface area contributed by atoms with Crippen LogP contribution in [0.5, 0.6) is 5.75 Å². The van der Waals surface area contributed by atoms with Gasteiger partial charge in [-0.3, -0.25) is 9.88 Å². The summed E-state index contributed by atoms with van der Waals surface area (Å²) in [5, 5.41) is 0. The van der Waals surface area contributed by atoms with Gasteiger partial charge < -0.3 is 9.64 Å². The molecule has 3 heterocycles. The van der Waals surface area contributed by atoms with Gasteiger partial charge in [0, 0.05) is 57.2 Å². The van der Waals surface area contributed by atoms with Crippen LogP contribution in [0, 0.1) is 0 Å². The summed E-state index contributed by atoms with van der Waals surface area (Å²) in [6.45, 7) is 3.26. The molecule has 1 amide bonds. The average molecular weight is 457 g/mol. The SMILES string of the molecule is O=C(Oc1ccc(Cc2ccc(C(F)(F)F)cn2)cc1)N1CCN(Cc2ccncn2)CC1. The number of nitrogens with zero attached hydrogens (tertiary/aromatic N) is 5. The number of halogens is 3. The van der Waals surface area contributed by atoms with E-state index in [1.54, 1.807) is 35.4 Å². The monoisotopic (exact) mass is 457 g/mol. The van der Waals surface area contributed by atoms with Crippen LogP contribution in [0.1, 0.15) is 22.5 Å². The van der Waals surface area contributed by atoms with Crippen molar-refractivity contribution >= 4 is 6.09 Å². The number of rotatable bonds is 5. The van der Waals surface area contributed by atoms with Gasteiger partial charge in [0.05, 0.1) is 11.3 Å². The summed E-state index contributed by atoms with van der Waals surface area (Å²) < 4.78 is 43.4. The fraction of sp³-hybridized carbons (Fsp3) is 0.304. The van der Waals surface area contributed by atoms with E-state index < -0.39 is 17.8 Å². The van der Waals surface area contributed by atoms with Crippen LogP contribution < -0.4 is 4.74 Å². The zero-order valence-electron chi connectivity index (χ0n) is 17.7. The minimum atomic E-state index is -4.40. The van der Waals surface area contributed by atoms with Gasteiger partial charge in [-0.15, -0.1) is 0 Å². The highest BCUT2D eigenvalue weighted by Gasteiger charge is 2.30. The number of ether oxygens (including phenoxy) is 1. The second-order valence-corrected chi connectivity index (χ2v) is 7.69. The molecular weight excluding hydrogens is 435 g/mol. The van der Waals surface area contributed by atoms with Gasteiger partial charge in [0.2, 0.25) is 0 Å². The number of hydrogen-bond donors (Lipinski definition) is 0. The number of amides is 1. The Hall–Kier alpha value is -3.53. The molecule has 0 atom stereocenters. The van der Waals surface area contributed by atoms with Crippen molar-refractivity contribution in [2.75, 3.05) is 26.2 Å². The zero-order valence-corrected chi connectivity index (χ0v) is 17.7. The smallest absolute Gasteiger partial charge is 0.410 e. The molecular formula is C23H22F3N5O2. The number of carbonyl (C=O) groups is 1. The molecule has 0 saturated carbocycles. The van der Waals surface area contributed by atoms with E-state index in [9.17, 15) is 18.0 Å². The molecule has 1 aromatic carbocycles. The van der Waals surface area contributed by atoms with Crippen LogP contribution in [0.4, 0.5) is 18.0 Å². The molecule has 1 fully saturated rings. The Morgan fingerprint density at radius 3 is 2.30 bits per heavy atom. The van der Waals surface area contributed by atoms with E-state index in [2.05, 4.69) is 19.9 Å². The lowest BCUT2D eigenvalue weighted by Crippen LogP contribution is -2.49. The third-order valence-corrected chi connectivity index (χ3v) is 5.33. The lowest BCUT2D eigenvalue weighted by molar-refractivity contribution is -0.137. The van der Waals surface area contributed by atoms with Crippen molar-refractivity contribution < 1.29 is 22.7 Å². The third-order valence-electron chi connectivity index (χ3n) is 5.33. The average Bonchev–Trinajstić information content (AvgIpc) is 2.81. The highest BCUT2D eigenvalue weighted by atomic mass is 19.4. The van der Waals surface area contributed by atoms with Crippen molar-refractivity contribution in [3.05, 3.63) is 83.7 Å². The van der Waals surface area contributed by atoms with Gasteiger partial charge >= 0.3 is 12.3 Å². The minimum Gasteiger partial charge on any atom is -0.410 e. The van der Waals surface area contributed by atoms with Crippen LogP contribution in [-0.2, 0) is 19.1 Å². The molecule has 0 spiro atoms. The first kappa shape index (κ1) is 22.7. The molecule has 0 unspecified atom stereocenters. The Bertz CT molecular complexity index is 1050. The summed E-state index contributed by atoms with van der Waals surface area (Å²) in [6.07, 6.45) is -0.371. The van der Waals surface area contributed by atoms with Crippen molar-refractivity contribution in [1.29, 1.82) is 0 Å². The third kappa shape index (κ3) is 6.26. The van der Waals surface area contributed by atoms with Gasteiger partial charge in [0.15, 0.2) is 0 Å². The van der Waals surface area contributed by atoms with Gasteiger partial charge in [-0.1, -0.05) is 12.1 Å². The molecule has 33 heavy (non-hydrogen) atoms. The van der Waals surface area contributed by atoms with E-state index in [0.29, 0.717) is 37.5 Å². The van der Waals surface area contributed by atoms with E-state index in [-0.39, 0.29) is 0 Å². The van der Waals surface area contributed by atoms with E-state index in [1.165, 1.54) is 12.4 Å². The number of piperazine rings is 1. The molecule has 0 bridgehead atoms. The molecule has 0 N–H and O–H groups in total. The summed E-state index contributed by atoms with van der Waals surface area (Å²) >= 11 is 0. The minimum absolute atomic E-state index is 0.376. The van der Waals surface area contributed by atoms with Crippen molar-refractivity contribution in [2.24, 2.45) is 0 Å². The highest BCUT2D eigenvalue weighted by molar-refractivity contribution is 5.70. The number of carbonyl (C=O) groups excluding carboxylic acids is 1. The second kappa shape index (κ2) is 9.95. The van der Waals surface area contributed by atoms with E-state index in [4.69, 9.17) is 4.74 Å². The molecule has 0 aliphatic carbocycles. The van der Waals surface area contributed by atoms with Crippen LogP contribution in [-0.4, -0.2) is 57.0 Å². The van der Waals surface area contributed by atoms with Crippen molar-refractivity contribution in [1.82, 2.24) is 24.8 Å². The Labute approximate surface area is 188 Å². The van der Waals surface area contributed by atoms with Crippen molar-refractivity contribution in [3.8, 4) is 5.75 Å². The number of aromatic nitrogens is 3. The fourth-order valence-corrected chi connectivity index (χ4v) is 3.48. The molecule has 4 rings (SSSR count). The molecule has 3 aromatic rings. The number of benzene rings is 1. The van der Waals surface area contributed by atoms with E-state index >= 15 is 0 Å². The van der Waals surface area contributed by atoms with Crippen LogP contribution in [0.25, 0.3) is 0 Å². The maximum atomic E-state index is 12.6. The first-order valence-electron chi connectivity index (χ1n) is 10.4. The normalized spacial score (nSPS) is 14.8. The summed E-state index contributed by atoms with van der Waals surface area (Å²) in [4.78, 5) is 28.4. The van der Waals surface area contributed by atoms with Gasteiger partial charge in [0.25, 0.3) is 0 Å². The first-order valence-corrected chi connectivity index (χ1v) is 10.4. The van der Waals surface area contributed by atoms with Gasteiger partial charge in [-0.2, -0.15) is 13.2 Å². The summed E-state index contributed by atoms with van der Waals surface area (Å²) in [5.41, 5.74) is 1.53. The quantitative estimate of drug-likeness (QED) is 0.581. The Kier molecular flexibility index (Phi) is 6.83. The maximum Gasteiger partial charge on any atom is 0.417 e. The number of alkyl halides is 3. The molecule has 1 aliphatic heterocycles. The molecule has 1 aliphatic rings. The topological polar surface area (TPSA) is 71.5 Å². The van der Waals surface area contributed by atoms with E-state index in [0.717, 1.165) is 36.6 Å². The second-order valence-electron chi connectivity index (χ2n) is 7.69.